The quantitative estimate of drug-likeness (QED) is 0.444. The second-order valence-electron chi connectivity index (χ2n) is 7.39. The van der Waals surface area contributed by atoms with Gasteiger partial charge in [-0.15, -0.1) is 0 Å². The average Bonchev–Trinajstić information content (AvgIpc) is 2.75. The number of halogens is 1. The number of primary amides is 1. The molecule has 0 atom stereocenters. The lowest BCUT2D eigenvalue weighted by atomic mass is 10.0. The Balaban J connectivity index is 1.85. The van der Waals surface area contributed by atoms with Gasteiger partial charge in [-0.05, 0) is 30.3 Å². The first-order valence-corrected chi connectivity index (χ1v) is 10.3. The number of benzene rings is 2. The number of pyridine rings is 1. The molecule has 5 N–H and O–H groups in total. The predicted octanol–water partition coefficient (Wildman–Crippen LogP) is 2.97. The van der Waals surface area contributed by atoms with E-state index in [9.17, 15) is 19.8 Å². The first-order valence-electron chi connectivity index (χ1n) is 9.88. The fourth-order valence-electron chi connectivity index (χ4n) is 3.72. The SMILES string of the molecule is NC(=O)c1ccc(Nc2c(CN3CCOCC3)cnc3ccc(Cl)cc23)c(C(=O)O)c1O. The molecule has 10 heteroatoms. The molecule has 1 aromatic heterocycles. The third-order valence-corrected chi connectivity index (χ3v) is 5.56. The Morgan fingerprint density at radius 1 is 1.22 bits per heavy atom. The number of aromatic carboxylic acids is 1. The van der Waals surface area contributed by atoms with Crippen LogP contribution in [0, 0.1) is 0 Å². The van der Waals surface area contributed by atoms with Gasteiger partial charge in [0.15, 0.2) is 0 Å². The number of amides is 1. The molecule has 0 spiro atoms. The maximum absolute atomic E-state index is 11.9. The second-order valence-corrected chi connectivity index (χ2v) is 7.82. The molecule has 2 aromatic carbocycles. The average molecular weight is 457 g/mol. The summed E-state index contributed by atoms with van der Waals surface area (Å²) in [6, 6.07) is 7.92. The van der Waals surface area contributed by atoms with E-state index in [4.69, 9.17) is 22.1 Å². The molecule has 0 saturated carbocycles. The van der Waals surface area contributed by atoms with Gasteiger partial charge >= 0.3 is 5.97 Å². The topological polar surface area (TPSA) is 138 Å². The number of fused-ring (bicyclic) bond motifs is 1. The minimum Gasteiger partial charge on any atom is -0.506 e. The van der Waals surface area contributed by atoms with Crippen molar-refractivity contribution in [2.45, 2.75) is 6.54 Å². The van der Waals surface area contributed by atoms with E-state index >= 15 is 0 Å². The zero-order valence-corrected chi connectivity index (χ0v) is 17.7. The number of carboxylic acid groups (broad SMARTS) is 1. The maximum Gasteiger partial charge on any atom is 0.341 e. The molecule has 0 aliphatic carbocycles. The zero-order chi connectivity index (χ0) is 22.8. The third-order valence-electron chi connectivity index (χ3n) is 5.32. The van der Waals surface area contributed by atoms with Crippen LogP contribution in [0.15, 0.2) is 36.5 Å². The standard InChI is InChI=1S/C22H21ClN4O5/c23-13-1-3-16-15(9-13)19(12(10-25-16)11-27-5-7-32-8-6-27)26-17-4-2-14(21(24)29)20(28)18(17)22(30)31/h1-4,9-10,28H,5-8,11H2,(H2,24,29)(H,25,26)(H,30,31). The first kappa shape index (κ1) is 21.8. The highest BCUT2D eigenvalue weighted by Gasteiger charge is 2.23. The normalized spacial score (nSPS) is 14.4. The van der Waals surface area contributed by atoms with E-state index in [2.05, 4.69) is 15.2 Å². The summed E-state index contributed by atoms with van der Waals surface area (Å²) in [4.78, 5) is 30.2. The van der Waals surface area contributed by atoms with E-state index < -0.39 is 23.2 Å². The summed E-state index contributed by atoms with van der Waals surface area (Å²) in [7, 11) is 0. The van der Waals surface area contributed by atoms with Crippen molar-refractivity contribution in [3.63, 3.8) is 0 Å². The molecule has 3 aromatic rings. The predicted molar refractivity (Wildman–Crippen MR) is 120 cm³/mol. The molecule has 1 fully saturated rings. The van der Waals surface area contributed by atoms with Crippen LogP contribution in [0.25, 0.3) is 10.9 Å². The number of morpholine rings is 1. The summed E-state index contributed by atoms with van der Waals surface area (Å²) in [5.74, 6) is -3.02. The molecule has 9 nitrogen and oxygen atoms in total. The van der Waals surface area contributed by atoms with Crippen molar-refractivity contribution in [3.05, 3.63) is 58.2 Å². The van der Waals surface area contributed by atoms with Crippen LogP contribution in [0.5, 0.6) is 5.75 Å². The third kappa shape index (κ3) is 4.31. The monoisotopic (exact) mass is 456 g/mol. The number of nitrogens with one attached hydrogen (secondary N) is 1. The number of ether oxygens (including phenoxy) is 1. The summed E-state index contributed by atoms with van der Waals surface area (Å²) in [6.07, 6.45) is 1.73. The number of rotatable bonds is 6. The molecule has 0 unspecified atom stereocenters. The van der Waals surface area contributed by atoms with Crippen LogP contribution in [0.1, 0.15) is 26.3 Å². The molecule has 1 aliphatic rings. The van der Waals surface area contributed by atoms with Gasteiger partial charge in [0, 0.05) is 41.8 Å². The van der Waals surface area contributed by atoms with E-state index in [1.807, 2.05) is 0 Å². The summed E-state index contributed by atoms with van der Waals surface area (Å²) in [5.41, 5.74) is 6.72. The van der Waals surface area contributed by atoms with E-state index in [0.717, 1.165) is 18.7 Å². The number of carbonyl (C=O) groups is 2. The molecule has 1 saturated heterocycles. The second kappa shape index (κ2) is 8.99. The van der Waals surface area contributed by atoms with Gasteiger partial charge in [0.05, 0.1) is 35.7 Å². The molecule has 166 valence electrons. The van der Waals surface area contributed by atoms with Gasteiger partial charge in [0.2, 0.25) is 0 Å². The smallest absolute Gasteiger partial charge is 0.341 e. The molecule has 4 rings (SSSR count). The maximum atomic E-state index is 11.9. The van der Waals surface area contributed by atoms with Gasteiger partial charge in [-0.25, -0.2) is 4.79 Å². The van der Waals surface area contributed by atoms with Crippen molar-refractivity contribution in [1.29, 1.82) is 0 Å². The van der Waals surface area contributed by atoms with Crippen LogP contribution < -0.4 is 11.1 Å². The number of phenols is 1. The number of aromatic nitrogens is 1. The van der Waals surface area contributed by atoms with Crippen LogP contribution in [0.4, 0.5) is 11.4 Å². The lowest BCUT2D eigenvalue weighted by molar-refractivity contribution is 0.0342. The largest absolute Gasteiger partial charge is 0.506 e. The number of aromatic hydroxyl groups is 1. The van der Waals surface area contributed by atoms with Crippen molar-refractivity contribution in [2.75, 3.05) is 31.6 Å². The zero-order valence-electron chi connectivity index (χ0n) is 17.0. The highest BCUT2D eigenvalue weighted by atomic mass is 35.5. The molecule has 1 amide bonds. The Kier molecular flexibility index (Phi) is 6.13. The Morgan fingerprint density at radius 2 is 1.97 bits per heavy atom. The summed E-state index contributed by atoms with van der Waals surface area (Å²) in [6.45, 7) is 3.31. The van der Waals surface area contributed by atoms with E-state index in [-0.39, 0.29) is 11.3 Å². The number of anilines is 2. The number of carbonyl (C=O) groups excluding carboxylic acids is 1. The van der Waals surface area contributed by atoms with Gasteiger partial charge < -0.3 is 26.0 Å². The van der Waals surface area contributed by atoms with E-state index in [1.54, 1.807) is 24.4 Å². The van der Waals surface area contributed by atoms with Crippen molar-refractivity contribution in [3.8, 4) is 5.75 Å². The minimum atomic E-state index is -1.40. The van der Waals surface area contributed by atoms with Gasteiger partial charge in [-0.1, -0.05) is 11.6 Å². The number of hydrogen-bond acceptors (Lipinski definition) is 7. The Bertz CT molecular complexity index is 1210. The van der Waals surface area contributed by atoms with Gasteiger partial charge in [0.25, 0.3) is 5.91 Å². The molecular weight excluding hydrogens is 436 g/mol. The minimum absolute atomic E-state index is 0.107. The number of nitrogens with zero attached hydrogens (tertiary/aromatic N) is 2. The van der Waals surface area contributed by atoms with E-state index in [1.165, 1.54) is 12.1 Å². The van der Waals surface area contributed by atoms with Gasteiger partial charge in [0.1, 0.15) is 11.3 Å². The Hall–Kier alpha value is -3.40. The van der Waals surface area contributed by atoms with E-state index in [0.29, 0.717) is 41.4 Å². The molecule has 2 heterocycles. The number of nitrogens with two attached hydrogens (primary N) is 1. The summed E-state index contributed by atoms with van der Waals surface area (Å²) < 4.78 is 5.41. The molecule has 32 heavy (non-hydrogen) atoms. The lowest BCUT2D eigenvalue weighted by Crippen LogP contribution is -2.35. The van der Waals surface area contributed by atoms with Gasteiger partial charge in [-0.2, -0.15) is 0 Å². The van der Waals surface area contributed by atoms with Crippen LogP contribution in [0.3, 0.4) is 0 Å². The van der Waals surface area contributed by atoms with Crippen LogP contribution in [0.2, 0.25) is 5.02 Å². The van der Waals surface area contributed by atoms with Gasteiger partial charge in [-0.3, -0.25) is 14.7 Å². The molecule has 0 radical (unpaired) electrons. The highest BCUT2D eigenvalue weighted by molar-refractivity contribution is 6.31. The number of hydrogen-bond donors (Lipinski definition) is 4. The fourth-order valence-corrected chi connectivity index (χ4v) is 3.89. The van der Waals surface area contributed by atoms with Crippen molar-refractivity contribution in [2.24, 2.45) is 5.73 Å². The molecule has 1 aliphatic heterocycles. The summed E-state index contributed by atoms with van der Waals surface area (Å²) in [5, 5.41) is 24.4. The molecule has 0 bridgehead atoms. The van der Waals surface area contributed by atoms with Crippen molar-refractivity contribution >= 4 is 45.8 Å². The first-order chi connectivity index (χ1) is 15.3. The molecular formula is C22H21ClN4O5. The van der Waals surface area contributed by atoms with Crippen LogP contribution >= 0.6 is 11.6 Å². The Labute approximate surface area is 188 Å². The van der Waals surface area contributed by atoms with Crippen LogP contribution in [-0.4, -0.2) is 58.3 Å². The van der Waals surface area contributed by atoms with Crippen molar-refractivity contribution < 1.29 is 24.5 Å². The Morgan fingerprint density at radius 3 is 2.66 bits per heavy atom. The van der Waals surface area contributed by atoms with Crippen LogP contribution in [-0.2, 0) is 11.3 Å². The number of carboxylic acids is 1. The summed E-state index contributed by atoms with van der Waals surface area (Å²) >= 11 is 6.23. The fraction of sp³-hybridized carbons (Fsp3) is 0.227. The van der Waals surface area contributed by atoms with Crippen molar-refractivity contribution in [1.82, 2.24) is 9.88 Å². The lowest BCUT2D eigenvalue weighted by Gasteiger charge is -2.28. The highest BCUT2D eigenvalue weighted by Crippen LogP contribution is 2.36.